The van der Waals surface area contributed by atoms with E-state index < -0.39 is 0 Å². The first-order valence-corrected chi connectivity index (χ1v) is 7.30. The first-order chi connectivity index (χ1) is 8.69. The van der Waals surface area contributed by atoms with Gasteiger partial charge < -0.3 is 10.4 Å². The van der Waals surface area contributed by atoms with Gasteiger partial charge in [-0.3, -0.25) is 4.79 Å². The number of rotatable bonds is 2. The molecule has 4 bridgehead atoms. The van der Waals surface area contributed by atoms with Crippen molar-refractivity contribution < 1.29 is 9.90 Å². The molecule has 0 saturated heterocycles. The Bertz CT molecular complexity index is 407. The minimum atomic E-state index is -0.0307. The predicted molar refractivity (Wildman–Crippen MR) is 67.5 cm³/mol. The minimum absolute atomic E-state index is 0.0210. The van der Waals surface area contributed by atoms with E-state index >= 15 is 0 Å². The molecule has 0 spiro atoms. The standard InChI is InChI=1S/C15H21NO2/c1-2-13(18)16-11-5-7-3-9(11)14-8-4-10(15(7)14)12(17)6-8/h2,7-12,14-15,17H,1,3-6H2,(H,16,18). The van der Waals surface area contributed by atoms with Crippen molar-refractivity contribution in [2.24, 2.45) is 35.5 Å². The molecule has 4 fully saturated rings. The van der Waals surface area contributed by atoms with Crippen molar-refractivity contribution in [2.45, 2.75) is 37.8 Å². The van der Waals surface area contributed by atoms with Gasteiger partial charge >= 0.3 is 0 Å². The van der Waals surface area contributed by atoms with Gasteiger partial charge in [0.25, 0.3) is 0 Å². The van der Waals surface area contributed by atoms with Crippen LogP contribution in [0.3, 0.4) is 0 Å². The highest BCUT2D eigenvalue weighted by Gasteiger charge is 2.64. The van der Waals surface area contributed by atoms with E-state index in [1.807, 2.05) is 0 Å². The van der Waals surface area contributed by atoms with Crippen LogP contribution >= 0.6 is 0 Å². The van der Waals surface area contributed by atoms with Gasteiger partial charge in [-0.15, -0.1) is 0 Å². The fraction of sp³-hybridized carbons (Fsp3) is 0.800. The van der Waals surface area contributed by atoms with Crippen molar-refractivity contribution in [3.63, 3.8) is 0 Å². The molecule has 4 aliphatic carbocycles. The highest BCUT2D eigenvalue weighted by molar-refractivity contribution is 5.87. The molecule has 3 heteroatoms. The van der Waals surface area contributed by atoms with Crippen LogP contribution in [0.25, 0.3) is 0 Å². The monoisotopic (exact) mass is 247 g/mol. The quantitative estimate of drug-likeness (QED) is 0.571. The van der Waals surface area contributed by atoms with Crippen LogP contribution in [-0.2, 0) is 4.79 Å². The summed E-state index contributed by atoms with van der Waals surface area (Å²) < 4.78 is 0. The van der Waals surface area contributed by atoms with Crippen molar-refractivity contribution >= 4 is 5.91 Å². The van der Waals surface area contributed by atoms with Gasteiger partial charge in [0.2, 0.25) is 5.91 Å². The number of aliphatic hydroxyl groups excluding tert-OH is 1. The maximum Gasteiger partial charge on any atom is 0.243 e. The molecule has 0 heterocycles. The van der Waals surface area contributed by atoms with Crippen LogP contribution in [0.2, 0.25) is 0 Å². The van der Waals surface area contributed by atoms with Gasteiger partial charge in [0.15, 0.2) is 0 Å². The summed E-state index contributed by atoms with van der Waals surface area (Å²) in [7, 11) is 0. The highest BCUT2D eigenvalue weighted by Crippen LogP contribution is 2.67. The Morgan fingerprint density at radius 3 is 2.56 bits per heavy atom. The average molecular weight is 247 g/mol. The Morgan fingerprint density at radius 2 is 1.78 bits per heavy atom. The van der Waals surface area contributed by atoms with E-state index in [4.69, 9.17) is 0 Å². The number of carbonyl (C=O) groups is 1. The number of hydrogen-bond donors (Lipinski definition) is 2. The summed E-state index contributed by atoms with van der Waals surface area (Å²) in [6, 6.07) is 0.373. The predicted octanol–water partition coefficient (Wildman–Crippen LogP) is 1.33. The van der Waals surface area contributed by atoms with Gasteiger partial charge in [-0.05, 0) is 67.3 Å². The molecule has 0 aromatic carbocycles. The first kappa shape index (κ1) is 11.0. The van der Waals surface area contributed by atoms with E-state index in [-0.39, 0.29) is 12.0 Å². The van der Waals surface area contributed by atoms with Crippen molar-refractivity contribution in [2.75, 3.05) is 0 Å². The third kappa shape index (κ3) is 1.26. The fourth-order valence-corrected chi connectivity index (χ4v) is 5.97. The molecule has 8 atom stereocenters. The molecule has 0 aromatic rings. The number of fused-ring (bicyclic) bond motifs is 9. The lowest BCUT2D eigenvalue weighted by atomic mass is 9.68. The van der Waals surface area contributed by atoms with Gasteiger partial charge in [0.1, 0.15) is 0 Å². The molecular weight excluding hydrogens is 226 g/mol. The lowest BCUT2D eigenvalue weighted by molar-refractivity contribution is -0.117. The lowest BCUT2D eigenvalue weighted by Gasteiger charge is -2.40. The summed E-state index contributed by atoms with van der Waals surface area (Å²) in [6.07, 6.45) is 6.01. The molecule has 2 N–H and O–H groups in total. The number of carbonyl (C=O) groups excluding carboxylic acids is 1. The zero-order chi connectivity index (χ0) is 12.4. The van der Waals surface area contributed by atoms with E-state index in [1.54, 1.807) is 0 Å². The van der Waals surface area contributed by atoms with Crippen LogP contribution in [0.5, 0.6) is 0 Å². The molecular formula is C15H21NO2. The minimum Gasteiger partial charge on any atom is -0.393 e. The van der Waals surface area contributed by atoms with Gasteiger partial charge in [0.05, 0.1) is 6.10 Å². The first-order valence-electron chi connectivity index (χ1n) is 7.30. The fourth-order valence-electron chi connectivity index (χ4n) is 5.97. The second-order valence-corrected chi connectivity index (χ2v) is 6.83. The summed E-state index contributed by atoms with van der Waals surface area (Å²) in [4.78, 5) is 11.5. The molecule has 8 unspecified atom stereocenters. The van der Waals surface area contributed by atoms with Crippen molar-refractivity contribution in [3.8, 4) is 0 Å². The summed E-state index contributed by atoms with van der Waals surface area (Å²) in [6.45, 7) is 3.53. The largest absolute Gasteiger partial charge is 0.393 e. The van der Waals surface area contributed by atoms with Crippen LogP contribution in [0, 0.1) is 35.5 Å². The summed E-state index contributed by atoms with van der Waals surface area (Å²) in [5, 5.41) is 13.2. The topological polar surface area (TPSA) is 49.3 Å². The Kier molecular flexibility index (Phi) is 2.20. The third-order valence-electron chi connectivity index (χ3n) is 6.30. The van der Waals surface area contributed by atoms with Crippen LogP contribution in [-0.4, -0.2) is 23.2 Å². The zero-order valence-corrected chi connectivity index (χ0v) is 10.6. The number of amides is 1. The summed E-state index contributed by atoms with van der Waals surface area (Å²) in [5.41, 5.74) is 0. The van der Waals surface area contributed by atoms with Gasteiger partial charge in [-0.25, -0.2) is 0 Å². The van der Waals surface area contributed by atoms with E-state index in [2.05, 4.69) is 11.9 Å². The molecule has 3 nitrogen and oxygen atoms in total. The summed E-state index contributed by atoms with van der Waals surface area (Å²) in [5.74, 6) is 4.26. The Labute approximate surface area is 108 Å². The van der Waals surface area contributed by atoms with Crippen LogP contribution < -0.4 is 5.32 Å². The molecule has 0 aromatic heterocycles. The second-order valence-electron chi connectivity index (χ2n) is 6.83. The van der Waals surface area contributed by atoms with E-state index in [9.17, 15) is 9.90 Å². The molecule has 98 valence electrons. The van der Waals surface area contributed by atoms with Crippen molar-refractivity contribution in [1.82, 2.24) is 5.32 Å². The number of nitrogens with one attached hydrogen (secondary N) is 1. The molecule has 18 heavy (non-hydrogen) atoms. The molecule has 1 amide bonds. The molecule has 4 aliphatic rings. The average Bonchev–Trinajstić information content (AvgIpc) is 3.04. The number of aliphatic hydroxyl groups is 1. The maximum atomic E-state index is 11.5. The Hall–Kier alpha value is -0.830. The van der Waals surface area contributed by atoms with E-state index in [0.29, 0.717) is 17.9 Å². The Balaban J connectivity index is 1.55. The van der Waals surface area contributed by atoms with E-state index in [0.717, 1.165) is 36.5 Å². The molecule has 0 aliphatic heterocycles. The second kappa shape index (κ2) is 3.60. The van der Waals surface area contributed by atoms with Crippen LogP contribution in [0.4, 0.5) is 0 Å². The Morgan fingerprint density at radius 1 is 1.11 bits per heavy atom. The smallest absolute Gasteiger partial charge is 0.243 e. The molecule has 4 rings (SSSR count). The maximum absolute atomic E-state index is 11.5. The third-order valence-corrected chi connectivity index (χ3v) is 6.30. The number of hydrogen-bond acceptors (Lipinski definition) is 2. The molecule has 0 radical (unpaired) electrons. The van der Waals surface area contributed by atoms with Crippen LogP contribution in [0.15, 0.2) is 12.7 Å². The normalized spacial score (nSPS) is 55.6. The van der Waals surface area contributed by atoms with Gasteiger partial charge in [-0.1, -0.05) is 6.58 Å². The van der Waals surface area contributed by atoms with Gasteiger partial charge in [-0.2, -0.15) is 0 Å². The SMILES string of the molecule is C=CC(=O)NC1CC2CC1C1C3CC(O)C(C3)C21. The van der Waals surface area contributed by atoms with Crippen molar-refractivity contribution in [1.29, 1.82) is 0 Å². The molecule has 4 saturated carbocycles. The van der Waals surface area contributed by atoms with Crippen LogP contribution in [0.1, 0.15) is 25.7 Å². The van der Waals surface area contributed by atoms with Crippen molar-refractivity contribution in [3.05, 3.63) is 12.7 Å². The lowest BCUT2D eigenvalue weighted by Crippen LogP contribution is -2.46. The summed E-state index contributed by atoms with van der Waals surface area (Å²) >= 11 is 0. The van der Waals surface area contributed by atoms with Gasteiger partial charge in [0, 0.05) is 6.04 Å². The van der Waals surface area contributed by atoms with E-state index in [1.165, 1.54) is 18.9 Å². The highest BCUT2D eigenvalue weighted by atomic mass is 16.3. The zero-order valence-electron chi connectivity index (χ0n) is 10.6.